The summed E-state index contributed by atoms with van der Waals surface area (Å²) in [5.41, 5.74) is 1.27. The molecule has 0 fully saturated rings. The molecule has 4 nitrogen and oxygen atoms in total. The van der Waals surface area contributed by atoms with Crippen molar-refractivity contribution in [2.45, 2.75) is 33.1 Å². The third-order valence-corrected chi connectivity index (χ3v) is 2.74. The molecular weight excluding hydrogens is 210 g/mol. The Bertz CT molecular complexity index is 392. The average molecular weight is 223 g/mol. The summed E-state index contributed by atoms with van der Waals surface area (Å²) in [5.74, 6) is -0.0553. The number of carbonyl (C=O) groups is 1. The number of carbonyl (C=O) groups excluding carboxylic acids is 1. The summed E-state index contributed by atoms with van der Waals surface area (Å²) in [4.78, 5) is 11.3. The number of hydrogen-bond donors (Lipinski definition) is 1. The van der Waals surface area contributed by atoms with E-state index in [1.165, 1.54) is 11.5 Å². The predicted molar refractivity (Wildman–Crippen MR) is 59.7 cm³/mol. The maximum atomic E-state index is 11.3. The van der Waals surface area contributed by atoms with Gasteiger partial charge in [-0.1, -0.05) is 13.8 Å². The first-order chi connectivity index (χ1) is 7.22. The maximum Gasteiger partial charge on any atom is 0.225 e. The van der Waals surface area contributed by atoms with Gasteiger partial charge in [0, 0.05) is 6.42 Å². The van der Waals surface area contributed by atoms with E-state index in [1.54, 1.807) is 0 Å². The first-order valence-corrected chi connectivity index (χ1v) is 5.68. The van der Waals surface area contributed by atoms with Gasteiger partial charge in [-0.25, -0.2) is 0 Å². The molecule has 80 valence electrons. The zero-order chi connectivity index (χ0) is 11.3. The van der Waals surface area contributed by atoms with E-state index in [0.717, 1.165) is 12.1 Å². The van der Waals surface area contributed by atoms with Crippen molar-refractivity contribution in [2.24, 2.45) is 0 Å². The summed E-state index contributed by atoms with van der Waals surface area (Å²) in [7, 11) is 0. The van der Waals surface area contributed by atoms with Gasteiger partial charge in [0.15, 0.2) is 0 Å². The van der Waals surface area contributed by atoms with Gasteiger partial charge in [0.25, 0.3) is 0 Å². The van der Waals surface area contributed by atoms with Crippen LogP contribution in [0.5, 0.6) is 0 Å². The lowest BCUT2D eigenvalue weighted by molar-refractivity contribution is -0.116. The molecule has 1 heterocycles. The van der Waals surface area contributed by atoms with Crippen LogP contribution in [-0.2, 0) is 11.2 Å². The molecule has 0 aliphatic rings. The van der Waals surface area contributed by atoms with Crippen molar-refractivity contribution in [3.05, 3.63) is 11.3 Å². The standard InChI is InChI=1S/C10H13N3OS/c1-3-5-9(14)12-10-7(6-11)8(4-2)13-15-10/h3-5H2,1-2H3,(H,12,14). The number of hydrogen-bond acceptors (Lipinski definition) is 4. The predicted octanol–water partition coefficient (Wildman–Crippen LogP) is 2.32. The average Bonchev–Trinajstić information content (AvgIpc) is 2.60. The number of aromatic nitrogens is 1. The Morgan fingerprint density at radius 3 is 2.87 bits per heavy atom. The molecule has 0 spiro atoms. The van der Waals surface area contributed by atoms with Gasteiger partial charge in [0.05, 0.1) is 5.69 Å². The van der Waals surface area contributed by atoms with Crippen LogP contribution < -0.4 is 5.32 Å². The lowest BCUT2D eigenvalue weighted by atomic mass is 10.2. The Hall–Kier alpha value is -1.41. The van der Waals surface area contributed by atoms with Crippen molar-refractivity contribution >= 4 is 22.4 Å². The third kappa shape index (κ3) is 2.77. The Kier molecular flexibility index (Phi) is 4.25. The van der Waals surface area contributed by atoms with Crippen LogP contribution >= 0.6 is 11.5 Å². The molecule has 1 amide bonds. The van der Waals surface area contributed by atoms with E-state index in [0.29, 0.717) is 23.4 Å². The molecule has 0 atom stereocenters. The van der Waals surface area contributed by atoms with E-state index in [1.807, 2.05) is 13.8 Å². The fourth-order valence-electron chi connectivity index (χ4n) is 1.18. The van der Waals surface area contributed by atoms with Gasteiger partial charge in [-0.3, -0.25) is 4.79 Å². The van der Waals surface area contributed by atoms with Crippen molar-refractivity contribution in [3.8, 4) is 6.07 Å². The summed E-state index contributed by atoms with van der Waals surface area (Å²) in [6, 6.07) is 2.08. The Balaban J connectivity index is 2.82. The molecule has 0 aliphatic carbocycles. The summed E-state index contributed by atoms with van der Waals surface area (Å²) in [6.07, 6.45) is 1.99. The highest BCUT2D eigenvalue weighted by Crippen LogP contribution is 2.24. The minimum Gasteiger partial charge on any atom is -0.315 e. The Labute approximate surface area is 93.1 Å². The second-order valence-electron chi connectivity index (χ2n) is 3.10. The Morgan fingerprint density at radius 1 is 1.60 bits per heavy atom. The van der Waals surface area contributed by atoms with E-state index in [-0.39, 0.29) is 5.91 Å². The van der Waals surface area contributed by atoms with E-state index < -0.39 is 0 Å². The van der Waals surface area contributed by atoms with Crippen LogP contribution in [0.15, 0.2) is 0 Å². The van der Waals surface area contributed by atoms with Gasteiger partial charge in [-0.15, -0.1) is 0 Å². The molecule has 5 heteroatoms. The zero-order valence-electron chi connectivity index (χ0n) is 8.83. The smallest absolute Gasteiger partial charge is 0.225 e. The summed E-state index contributed by atoms with van der Waals surface area (Å²) in [5, 5.41) is 12.2. The minimum absolute atomic E-state index is 0.0553. The van der Waals surface area contributed by atoms with Crippen LogP contribution in [0.25, 0.3) is 0 Å². The molecule has 1 aromatic rings. The third-order valence-electron chi connectivity index (χ3n) is 1.94. The molecule has 0 radical (unpaired) electrons. The minimum atomic E-state index is -0.0553. The first-order valence-electron chi connectivity index (χ1n) is 4.91. The summed E-state index contributed by atoms with van der Waals surface area (Å²) < 4.78 is 4.12. The van der Waals surface area contributed by atoms with Gasteiger partial charge in [0.1, 0.15) is 16.6 Å². The van der Waals surface area contributed by atoms with Crippen molar-refractivity contribution < 1.29 is 4.79 Å². The second-order valence-corrected chi connectivity index (χ2v) is 3.87. The number of nitrogens with one attached hydrogen (secondary N) is 1. The number of aryl methyl sites for hydroxylation is 1. The second kappa shape index (κ2) is 5.47. The number of amides is 1. The van der Waals surface area contributed by atoms with Crippen molar-refractivity contribution in [2.75, 3.05) is 5.32 Å². The summed E-state index contributed by atoms with van der Waals surface area (Å²) in [6.45, 7) is 3.88. The van der Waals surface area contributed by atoms with E-state index in [4.69, 9.17) is 5.26 Å². The molecule has 0 bridgehead atoms. The van der Waals surface area contributed by atoms with Crippen molar-refractivity contribution in [1.29, 1.82) is 5.26 Å². The van der Waals surface area contributed by atoms with Crippen LogP contribution in [0.3, 0.4) is 0 Å². The fourth-order valence-corrected chi connectivity index (χ4v) is 2.02. The highest BCUT2D eigenvalue weighted by molar-refractivity contribution is 7.10. The molecule has 1 N–H and O–H groups in total. The van der Waals surface area contributed by atoms with E-state index in [2.05, 4.69) is 15.8 Å². The number of nitrogens with zero attached hydrogens (tertiary/aromatic N) is 2. The van der Waals surface area contributed by atoms with Crippen LogP contribution in [0.2, 0.25) is 0 Å². The van der Waals surface area contributed by atoms with Crippen LogP contribution in [-0.4, -0.2) is 10.3 Å². The van der Waals surface area contributed by atoms with Crippen molar-refractivity contribution in [1.82, 2.24) is 4.37 Å². The quantitative estimate of drug-likeness (QED) is 0.851. The van der Waals surface area contributed by atoms with Gasteiger partial charge in [-0.2, -0.15) is 9.64 Å². The molecule has 1 aromatic heterocycles. The summed E-state index contributed by atoms with van der Waals surface area (Å²) >= 11 is 1.18. The normalized spacial score (nSPS) is 9.67. The molecule has 0 saturated heterocycles. The highest BCUT2D eigenvalue weighted by Gasteiger charge is 2.13. The molecule has 0 aliphatic heterocycles. The van der Waals surface area contributed by atoms with Crippen LogP contribution in [0, 0.1) is 11.3 Å². The largest absolute Gasteiger partial charge is 0.315 e. The van der Waals surface area contributed by atoms with Crippen molar-refractivity contribution in [3.63, 3.8) is 0 Å². The van der Waals surface area contributed by atoms with E-state index >= 15 is 0 Å². The van der Waals surface area contributed by atoms with Crippen LogP contribution in [0.4, 0.5) is 5.00 Å². The first kappa shape index (κ1) is 11.7. The van der Waals surface area contributed by atoms with Gasteiger partial charge < -0.3 is 5.32 Å². The van der Waals surface area contributed by atoms with E-state index in [9.17, 15) is 4.79 Å². The van der Waals surface area contributed by atoms with Gasteiger partial charge in [0.2, 0.25) is 5.91 Å². The maximum absolute atomic E-state index is 11.3. The molecule has 15 heavy (non-hydrogen) atoms. The lowest BCUT2D eigenvalue weighted by Gasteiger charge is -2.00. The number of nitriles is 1. The zero-order valence-corrected chi connectivity index (χ0v) is 9.65. The van der Waals surface area contributed by atoms with Gasteiger partial charge >= 0.3 is 0 Å². The molecule has 0 unspecified atom stereocenters. The Morgan fingerprint density at radius 2 is 2.33 bits per heavy atom. The lowest BCUT2D eigenvalue weighted by Crippen LogP contribution is -2.10. The van der Waals surface area contributed by atoms with Crippen LogP contribution in [0.1, 0.15) is 37.9 Å². The topological polar surface area (TPSA) is 65.8 Å². The molecular formula is C10H13N3OS. The number of rotatable bonds is 4. The number of anilines is 1. The fraction of sp³-hybridized carbons (Fsp3) is 0.500. The molecule has 0 aromatic carbocycles. The molecule has 0 saturated carbocycles. The monoisotopic (exact) mass is 223 g/mol. The molecule has 1 rings (SSSR count). The highest BCUT2D eigenvalue weighted by atomic mass is 32.1. The van der Waals surface area contributed by atoms with Gasteiger partial charge in [-0.05, 0) is 24.4 Å². The SMILES string of the molecule is CCCC(=O)Nc1snc(CC)c1C#N.